The average Bonchev–Trinajstić information content (AvgIpc) is 4.16. The number of carbonyl (C=O) groups excluding carboxylic acids is 1. The Morgan fingerprint density at radius 1 is 0.475 bits per heavy atom. The van der Waals surface area contributed by atoms with Gasteiger partial charge in [0.2, 0.25) is 0 Å². The molecule has 0 radical (unpaired) electrons. The number of nitro groups is 2. The molecule has 18 heteroatoms. The molecule has 0 saturated carbocycles. The van der Waals surface area contributed by atoms with Crippen LogP contribution >= 0.6 is 22.6 Å². The number of aromatic nitrogens is 3. The number of carboxylic acids is 1. The number of aliphatic hydroxyl groups excluding tert-OH is 1. The number of amides is 1. The molecule has 0 aliphatic rings. The maximum atomic E-state index is 11.1. The number of non-ortho nitro benzene ring substituents is 2. The number of ether oxygens (including phenoxy) is 2. The first-order valence-corrected chi connectivity index (χ1v) is 26.7. The summed E-state index contributed by atoms with van der Waals surface area (Å²) in [7, 11) is 1.00. The van der Waals surface area contributed by atoms with Gasteiger partial charge in [-0.25, -0.2) is 4.79 Å². The maximum Gasteiger partial charge on any atom is 0.394 e. The van der Waals surface area contributed by atoms with Crippen LogP contribution in [0.5, 0.6) is 28.7 Å². The molecule has 0 saturated heterocycles. The molecule has 0 spiro atoms. The highest BCUT2D eigenvalue weighted by Crippen LogP contribution is 2.29. The van der Waals surface area contributed by atoms with E-state index in [1.165, 1.54) is 24.3 Å². The highest BCUT2D eigenvalue weighted by atomic mass is 127. The number of nitrogens with zero attached hydrogens (tertiary/aromatic N) is 2. The number of aryl methyl sites for hydroxylation is 3. The first kappa shape index (κ1) is 78.3. The zero-order valence-electron chi connectivity index (χ0n) is 47.7. The van der Waals surface area contributed by atoms with Crippen molar-refractivity contribution in [3.8, 4) is 28.7 Å². The second-order valence-corrected chi connectivity index (χ2v) is 15.3. The first-order valence-electron chi connectivity index (χ1n) is 25.6. The number of nitrogens with one attached hydrogen (secondary N) is 4. The highest BCUT2D eigenvalue weighted by molar-refractivity contribution is 14.1. The van der Waals surface area contributed by atoms with Crippen molar-refractivity contribution in [2.45, 2.75) is 119 Å². The Morgan fingerprint density at radius 2 is 0.775 bits per heavy atom. The standard InChI is InChI=1S/C17H14N2O4.C15H12N2O3.C9H9NO.C6H4INO2.6C2H6.CH4O.2CH4/c1-10-8-11-9-14(6-7-15(11)18-10)23-13-4-2-12(3-5-13)19-16(20)17(21)22;1-10-8-11-9-14(6-7-15(11)16-10)20-13-4-2-12(3-5-13)17(18)19;1-6-4-7-5-8(11)2-3-9(7)10-6;7-5-1-3-6(4-2-5)8(9)10;7*1-2;;/h2-9,18H,1H3,(H,19,20)(H,21,22);2-9,16H,1H3;2-5,10-11H,1H3;1-4H;6*1-2H3;2H,1H3;2*1H4. The van der Waals surface area contributed by atoms with E-state index in [2.05, 4.69) is 42.9 Å². The van der Waals surface area contributed by atoms with Crippen molar-refractivity contribution < 1.29 is 44.2 Å². The molecule has 9 aromatic rings. The number of phenolic OH excluding ortho intramolecular Hbond substituents is 1. The van der Waals surface area contributed by atoms with E-state index in [4.69, 9.17) is 24.8 Å². The lowest BCUT2D eigenvalue weighted by molar-refractivity contribution is -0.385. The van der Waals surface area contributed by atoms with E-state index in [9.17, 15) is 29.8 Å². The Kier molecular flexibility index (Phi) is 43.7. The minimum atomic E-state index is -1.53. The first-order chi connectivity index (χ1) is 37.6. The molecule has 0 aliphatic carbocycles. The van der Waals surface area contributed by atoms with Gasteiger partial charge in [0.15, 0.2) is 0 Å². The second-order valence-electron chi connectivity index (χ2n) is 14.1. The van der Waals surface area contributed by atoms with Gasteiger partial charge in [0.25, 0.3) is 11.4 Å². The SMILES string of the molecule is C.C.CC.CC.CC.CC.CC.CC.CO.Cc1cc2cc(O)ccc2[nH]1.Cc1cc2cc(Oc3ccc(NC(=O)C(=O)O)cc3)ccc2[nH]1.Cc1cc2cc(Oc3ccc([N+](=O)[O-])cc3)ccc2[nH]1.O=[N+]([O-])c1ccc(I)cc1. The van der Waals surface area contributed by atoms with E-state index in [0.29, 0.717) is 34.4 Å². The topological polar surface area (TPSA) is 259 Å². The van der Waals surface area contributed by atoms with Crippen LogP contribution in [0.25, 0.3) is 32.7 Å². The largest absolute Gasteiger partial charge is 0.508 e. The minimum Gasteiger partial charge on any atom is -0.508 e. The van der Waals surface area contributed by atoms with Crippen LogP contribution in [-0.4, -0.2) is 59.1 Å². The van der Waals surface area contributed by atoms with Gasteiger partial charge in [-0.15, -0.1) is 0 Å². The number of nitro benzene ring substituents is 2. The van der Waals surface area contributed by atoms with Crippen molar-refractivity contribution in [2.75, 3.05) is 12.4 Å². The van der Waals surface area contributed by atoms with Gasteiger partial charge in [0, 0.05) is 90.4 Å². The summed E-state index contributed by atoms with van der Waals surface area (Å²) in [5.41, 5.74) is 7.03. The van der Waals surface area contributed by atoms with Crippen molar-refractivity contribution in [1.29, 1.82) is 0 Å². The summed E-state index contributed by atoms with van der Waals surface area (Å²) >= 11 is 2.10. The quantitative estimate of drug-likeness (QED) is 0.0342. The number of aromatic amines is 3. The Balaban J connectivity index is -0.000000460. The summed E-state index contributed by atoms with van der Waals surface area (Å²) in [4.78, 5) is 51.1. The monoisotopic (exact) mass is 1220 g/mol. The van der Waals surface area contributed by atoms with Gasteiger partial charge in [-0.05, 0) is 165 Å². The number of carbonyl (C=O) groups is 2. The zero-order chi connectivity index (χ0) is 59.9. The molecule has 0 unspecified atom stereocenters. The van der Waals surface area contributed by atoms with Crippen molar-refractivity contribution in [2.24, 2.45) is 0 Å². The third kappa shape index (κ3) is 27.9. The molecule has 3 aromatic heterocycles. The fourth-order valence-corrected chi connectivity index (χ4v) is 6.53. The summed E-state index contributed by atoms with van der Waals surface area (Å²) in [6, 6.07) is 41.7. The molecule has 1 amide bonds. The van der Waals surface area contributed by atoms with Crippen molar-refractivity contribution in [1.82, 2.24) is 15.0 Å². The number of rotatable bonds is 7. The summed E-state index contributed by atoms with van der Waals surface area (Å²) in [6.45, 7) is 30.0. The number of H-pyrrole nitrogens is 3. The summed E-state index contributed by atoms with van der Waals surface area (Å²) in [5.74, 6) is 0.264. The van der Waals surface area contributed by atoms with Gasteiger partial charge in [0.05, 0.1) is 9.85 Å². The lowest BCUT2D eigenvalue weighted by Crippen LogP contribution is -2.21. The van der Waals surface area contributed by atoms with E-state index >= 15 is 0 Å². The van der Waals surface area contributed by atoms with Gasteiger partial charge in [-0.1, -0.05) is 97.9 Å². The molecule has 0 aliphatic heterocycles. The number of anilines is 1. The number of aliphatic carboxylic acids is 1. The van der Waals surface area contributed by atoms with E-state index in [0.717, 1.165) is 60.5 Å². The Morgan fingerprint density at radius 3 is 1.11 bits per heavy atom. The molecular formula is C62H87IN6O11. The predicted molar refractivity (Wildman–Crippen MR) is 342 cm³/mol. The van der Waals surface area contributed by atoms with Crippen LogP contribution in [0.15, 0.2) is 146 Å². The Bertz CT molecular complexity index is 3100. The van der Waals surface area contributed by atoms with Crippen molar-refractivity contribution >= 4 is 84.2 Å². The van der Waals surface area contributed by atoms with Crippen LogP contribution in [0.1, 0.15) is 115 Å². The fraction of sp³-hybridized carbons (Fsp3) is 0.290. The van der Waals surface area contributed by atoms with Gasteiger partial charge in [-0.2, -0.15) is 0 Å². The van der Waals surface area contributed by atoms with Crippen LogP contribution in [0.3, 0.4) is 0 Å². The van der Waals surface area contributed by atoms with Crippen LogP contribution in [-0.2, 0) is 9.59 Å². The normalized spacial score (nSPS) is 8.82. The molecule has 0 bridgehead atoms. The van der Waals surface area contributed by atoms with Gasteiger partial charge >= 0.3 is 11.9 Å². The maximum absolute atomic E-state index is 11.1. The summed E-state index contributed by atoms with van der Waals surface area (Å²) in [5, 5.41) is 50.8. The second kappa shape index (κ2) is 44.7. The lowest BCUT2D eigenvalue weighted by atomic mass is 10.2. The molecule has 7 N–H and O–H groups in total. The van der Waals surface area contributed by atoms with Gasteiger partial charge < -0.3 is 45.1 Å². The van der Waals surface area contributed by atoms with Gasteiger partial charge in [0.1, 0.15) is 28.7 Å². The molecule has 3 heterocycles. The van der Waals surface area contributed by atoms with Crippen LogP contribution < -0.4 is 14.8 Å². The smallest absolute Gasteiger partial charge is 0.394 e. The Labute approximate surface area is 487 Å². The van der Waals surface area contributed by atoms with Crippen LogP contribution in [0.2, 0.25) is 0 Å². The minimum absolute atomic E-state index is 0. The number of benzene rings is 6. The molecule has 80 heavy (non-hydrogen) atoms. The molecule has 17 nitrogen and oxygen atoms in total. The number of carboxylic acid groups (broad SMARTS) is 1. The average molecular weight is 1220 g/mol. The van der Waals surface area contributed by atoms with Crippen molar-refractivity contribution in [3.63, 3.8) is 0 Å². The number of halogens is 1. The lowest BCUT2D eigenvalue weighted by Gasteiger charge is -2.07. The highest BCUT2D eigenvalue weighted by Gasteiger charge is 2.11. The summed E-state index contributed by atoms with van der Waals surface area (Å²) < 4.78 is 12.5. The predicted octanol–water partition coefficient (Wildman–Crippen LogP) is 18.9. The molecule has 9 rings (SSSR count). The molecule has 0 fully saturated rings. The number of hydrogen-bond acceptors (Lipinski definition) is 10. The molecule has 0 atom stereocenters. The van der Waals surface area contributed by atoms with E-state index < -0.39 is 21.7 Å². The number of phenols is 1. The van der Waals surface area contributed by atoms with E-state index in [-0.39, 0.29) is 26.2 Å². The fourth-order valence-electron chi connectivity index (χ4n) is 6.17. The summed E-state index contributed by atoms with van der Waals surface area (Å²) in [6.07, 6.45) is 0. The third-order valence-electron chi connectivity index (χ3n) is 9.06. The molecule has 438 valence electrons. The van der Waals surface area contributed by atoms with Crippen LogP contribution in [0.4, 0.5) is 17.1 Å². The van der Waals surface area contributed by atoms with Crippen LogP contribution in [0, 0.1) is 44.6 Å². The third-order valence-corrected chi connectivity index (χ3v) is 9.77. The molecular weight excluding hydrogens is 1130 g/mol. The molecule has 6 aromatic carbocycles. The zero-order valence-corrected chi connectivity index (χ0v) is 49.9. The number of aliphatic hydroxyl groups is 1. The van der Waals surface area contributed by atoms with E-state index in [1.807, 2.05) is 165 Å². The van der Waals surface area contributed by atoms with E-state index in [1.54, 1.807) is 60.7 Å². The van der Waals surface area contributed by atoms with Crippen molar-refractivity contribution in [3.05, 3.63) is 186 Å². The number of aromatic hydroxyl groups is 1. The number of hydrogen-bond donors (Lipinski definition) is 7. The number of fused-ring (bicyclic) bond motifs is 3. The van der Waals surface area contributed by atoms with Gasteiger partial charge in [-0.3, -0.25) is 25.0 Å². The Hall–Kier alpha value is -8.23.